The van der Waals surface area contributed by atoms with E-state index in [1.54, 1.807) is 0 Å². The van der Waals surface area contributed by atoms with E-state index >= 15 is 0 Å². The van der Waals surface area contributed by atoms with E-state index in [0.717, 1.165) is 17.7 Å². The molecule has 1 saturated carbocycles. The van der Waals surface area contributed by atoms with Crippen LogP contribution in [0.4, 0.5) is 0 Å². The van der Waals surface area contributed by atoms with E-state index in [4.69, 9.17) is 4.98 Å². The topological polar surface area (TPSA) is 12.9 Å². The number of allylic oxidation sites excluding steroid dienone is 5. The van der Waals surface area contributed by atoms with Gasteiger partial charge in [-0.05, 0) is 98.3 Å². The van der Waals surface area contributed by atoms with Crippen LogP contribution in [0, 0.1) is 12.8 Å². The zero-order valence-electron chi connectivity index (χ0n) is 23.2. The second-order valence-electron chi connectivity index (χ2n) is 10.5. The predicted octanol–water partition coefficient (Wildman–Crippen LogP) is 10.2. The van der Waals surface area contributed by atoms with Crippen LogP contribution in [0.15, 0.2) is 96.7 Å². The smallest absolute Gasteiger partial charge is 0.0734 e. The molecule has 1 aliphatic rings. The molecule has 0 spiro atoms. The molecule has 2 aromatic carbocycles. The van der Waals surface area contributed by atoms with Crippen LogP contribution < -0.4 is 0 Å². The highest BCUT2D eigenvalue weighted by atomic mass is 14.7. The fourth-order valence-electron chi connectivity index (χ4n) is 5.31. The van der Waals surface area contributed by atoms with Gasteiger partial charge < -0.3 is 0 Å². The maximum Gasteiger partial charge on any atom is 0.0734 e. The number of benzene rings is 2. The van der Waals surface area contributed by atoms with Crippen molar-refractivity contribution >= 4 is 17.2 Å². The molecule has 0 radical (unpaired) electrons. The van der Waals surface area contributed by atoms with Gasteiger partial charge in [-0.2, -0.15) is 0 Å². The third-order valence-corrected chi connectivity index (χ3v) is 8.06. The highest BCUT2D eigenvalue weighted by Crippen LogP contribution is 2.40. The minimum absolute atomic E-state index is 0.431. The van der Waals surface area contributed by atoms with E-state index < -0.39 is 0 Å². The number of aromatic nitrogens is 1. The van der Waals surface area contributed by atoms with E-state index in [0.29, 0.717) is 11.8 Å². The van der Waals surface area contributed by atoms with Gasteiger partial charge in [-0.15, -0.1) is 0 Å². The third kappa shape index (κ3) is 6.10. The van der Waals surface area contributed by atoms with Crippen LogP contribution in [-0.2, 0) is 0 Å². The summed E-state index contributed by atoms with van der Waals surface area (Å²) in [5.74, 6) is 1.14. The molecule has 4 rings (SSSR count). The van der Waals surface area contributed by atoms with Gasteiger partial charge in [0.15, 0.2) is 0 Å². The predicted molar refractivity (Wildman–Crippen MR) is 161 cm³/mol. The molecule has 1 aliphatic carbocycles. The standard InChI is InChI=1S/C36H41N/c1-7-25(3)35(28(6)31-15-12-16-31)33-23-27(5)36(37-24-33)34(32-20-18-29(8-2)19-21-32)22-17-26(4)30-13-10-9-11-14-30/h7-11,13-14,18-24,26,31H,2,12,15-17H2,1,3-6H3/b25-7-,34-22-,35-28+/t26-/m1/s1. The zero-order chi connectivity index (χ0) is 26.4. The van der Waals surface area contributed by atoms with Crippen LogP contribution in [0.25, 0.3) is 17.2 Å². The normalized spacial score (nSPS) is 16.1. The van der Waals surface area contributed by atoms with Crippen LogP contribution in [0.3, 0.4) is 0 Å². The summed E-state index contributed by atoms with van der Waals surface area (Å²) in [4.78, 5) is 5.12. The van der Waals surface area contributed by atoms with Crippen molar-refractivity contribution in [3.05, 3.63) is 130 Å². The van der Waals surface area contributed by atoms with Crippen LogP contribution in [0.2, 0.25) is 0 Å². The highest BCUT2D eigenvalue weighted by Gasteiger charge is 2.23. The number of nitrogens with zero attached hydrogens (tertiary/aromatic N) is 1. The van der Waals surface area contributed by atoms with Crippen molar-refractivity contribution in [3.8, 4) is 0 Å². The lowest BCUT2D eigenvalue weighted by Gasteiger charge is -2.29. The van der Waals surface area contributed by atoms with E-state index in [2.05, 4.69) is 120 Å². The molecule has 0 saturated heterocycles. The third-order valence-electron chi connectivity index (χ3n) is 8.06. The molecule has 37 heavy (non-hydrogen) atoms. The summed E-state index contributed by atoms with van der Waals surface area (Å²) < 4.78 is 0. The van der Waals surface area contributed by atoms with Gasteiger partial charge in [0.2, 0.25) is 0 Å². The van der Waals surface area contributed by atoms with Crippen LogP contribution >= 0.6 is 0 Å². The van der Waals surface area contributed by atoms with Crippen molar-refractivity contribution in [1.29, 1.82) is 0 Å². The maximum absolute atomic E-state index is 5.12. The Morgan fingerprint density at radius 3 is 2.30 bits per heavy atom. The molecule has 1 heterocycles. The van der Waals surface area contributed by atoms with E-state index in [9.17, 15) is 0 Å². The van der Waals surface area contributed by atoms with E-state index in [1.807, 2.05) is 6.08 Å². The lowest BCUT2D eigenvalue weighted by atomic mass is 9.76. The Hall–Kier alpha value is -3.45. The Morgan fingerprint density at radius 2 is 1.73 bits per heavy atom. The van der Waals surface area contributed by atoms with Crippen LogP contribution in [0.1, 0.15) is 92.8 Å². The van der Waals surface area contributed by atoms with Crippen molar-refractivity contribution in [2.75, 3.05) is 0 Å². The molecule has 0 amide bonds. The fourth-order valence-corrected chi connectivity index (χ4v) is 5.31. The Kier molecular flexibility index (Phi) is 8.77. The van der Waals surface area contributed by atoms with Crippen LogP contribution in [-0.4, -0.2) is 4.98 Å². The summed E-state index contributed by atoms with van der Waals surface area (Å²) in [7, 11) is 0. The molecule has 1 fully saturated rings. The molecule has 0 N–H and O–H groups in total. The lowest BCUT2D eigenvalue weighted by molar-refractivity contribution is 0.369. The first-order valence-corrected chi connectivity index (χ1v) is 13.7. The van der Waals surface area contributed by atoms with Crippen molar-refractivity contribution in [1.82, 2.24) is 4.98 Å². The van der Waals surface area contributed by atoms with Gasteiger partial charge in [-0.3, -0.25) is 4.98 Å². The molecular weight excluding hydrogens is 446 g/mol. The molecule has 0 bridgehead atoms. The van der Waals surface area contributed by atoms with Gasteiger partial charge in [-0.25, -0.2) is 0 Å². The summed E-state index contributed by atoms with van der Waals surface area (Å²) in [5, 5.41) is 0. The number of aryl methyl sites for hydroxylation is 1. The molecule has 1 heteroatoms. The molecule has 1 atom stereocenters. The highest BCUT2D eigenvalue weighted by molar-refractivity contribution is 5.84. The summed E-state index contributed by atoms with van der Waals surface area (Å²) in [5.41, 5.74) is 12.6. The second kappa shape index (κ2) is 12.2. The monoisotopic (exact) mass is 487 g/mol. The molecular formula is C36H41N. The van der Waals surface area contributed by atoms with Crippen molar-refractivity contribution in [2.45, 2.75) is 66.2 Å². The molecule has 3 aromatic rings. The second-order valence-corrected chi connectivity index (χ2v) is 10.5. The Morgan fingerprint density at radius 1 is 1.03 bits per heavy atom. The molecule has 190 valence electrons. The summed E-state index contributed by atoms with van der Waals surface area (Å²) in [6.45, 7) is 15.1. The summed E-state index contributed by atoms with van der Waals surface area (Å²) in [6.07, 6.45) is 13.5. The molecule has 1 aromatic heterocycles. The van der Waals surface area contributed by atoms with Crippen molar-refractivity contribution < 1.29 is 0 Å². The molecule has 0 aliphatic heterocycles. The van der Waals surface area contributed by atoms with Crippen molar-refractivity contribution in [3.63, 3.8) is 0 Å². The van der Waals surface area contributed by atoms with Gasteiger partial charge in [0.05, 0.1) is 5.69 Å². The first-order valence-electron chi connectivity index (χ1n) is 13.7. The van der Waals surface area contributed by atoms with E-state index in [-0.39, 0.29) is 0 Å². The largest absolute Gasteiger partial charge is 0.255 e. The Balaban J connectivity index is 1.75. The zero-order valence-corrected chi connectivity index (χ0v) is 23.2. The quantitative estimate of drug-likeness (QED) is 0.274. The van der Waals surface area contributed by atoms with Crippen molar-refractivity contribution in [2.24, 2.45) is 5.92 Å². The molecule has 0 unspecified atom stereocenters. The number of hydrogen-bond donors (Lipinski definition) is 0. The van der Waals surface area contributed by atoms with Gasteiger partial charge in [-0.1, -0.05) is 98.3 Å². The minimum atomic E-state index is 0.431. The summed E-state index contributed by atoms with van der Waals surface area (Å²) in [6, 6.07) is 21.8. The Labute approximate surface area is 224 Å². The number of rotatable bonds is 9. The Bertz CT molecular complexity index is 1310. The molecule has 1 nitrogen and oxygen atoms in total. The van der Waals surface area contributed by atoms with E-state index in [1.165, 1.54) is 63.8 Å². The van der Waals surface area contributed by atoms with Gasteiger partial charge in [0.1, 0.15) is 0 Å². The van der Waals surface area contributed by atoms with Gasteiger partial charge in [0, 0.05) is 17.3 Å². The lowest BCUT2D eigenvalue weighted by Crippen LogP contribution is -2.14. The fraction of sp³-hybridized carbons (Fsp3) is 0.306. The first kappa shape index (κ1) is 26.6. The average molecular weight is 488 g/mol. The minimum Gasteiger partial charge on any atom is -0.255 e. The summed E-state index contributed by atoms with van der Waals surface area (Å²) >= 11 is 0. The average Bonchev–Trinajstić information content (AvgIpc) is 2.89. The SMILES string of the molecule is C=Cc1ccc(/C(=C/C[C@@H](C)c2ccccc2)c2ncc(C(/C(C)=C\C)=C(\C)C3CCC3)cc2C)cc1. The maximum atomic E-state index is 5.12. The van der Waals surface area contributed by atoms with Gasteiger partial charge in [0.25, 0.3) is 0 Å². The first-order chi connectivity index (χ1) is 17.9. The number of hydrogen-bond acceptors (Lipinski definition) is 1. The van der Waals surface area contributed by atoms with Crippen LogP contribution in [0.5, 0.6) is 0 Å². The number of pyridine rings is 1. The van der Waals surface area contributed by atoms with Gasteiger partial charge >= 0.3 is 0 Å².